The number of benzene rings is 3. The van der Waals surface area contributed by atoms with Crippen molar-refractivity contribution in [3.63, 3.8) is 0 Å². The maximum atomic E-state index is 13.1. The number of amides is 2. The van der Waals surface area contributed by atoms with Crippen LogP contribution in [-0.4, -0.2) is 33.0 Å². The summed E-state index contributed by atoms with van der Waals surface area (Å²) in [6, 6.07) is 19.9. The van der Waals surface area contributed by atoms with E-state index >= 15 is 0 Å². The molecule has 3 aromatic carbocycles. The minimum Gasteiger partial charge on any atom is -0.326 e. The topological polar surface area (TPSA) is 95.6 Å². The van der Waals surface area contributed by atoms with Gasteiger partial charge in [-0.15, -0.1) is 11.8 Å². The summed E-state index contributed by atoms with van der Waals surface area (Å²) < 4.78 is 27.6. The number of hydrogen-bond acceptors (Lipinski definition) is 5. The van der Waals surface area contributed by atoms with Crippen LogP contribution in [0.5, 0.6) is 0 Å². The van der Waals surface area contributed by atoms with Gasteiger partial charge in [0.2, 0.25) is 5.91 Å². The lowest BCUT2D eigenvalue weighted by Crippen LogP contribution is -2.30. The zero-order valence-corrected chi connectivity index (χ0v) is 20.2. The van der Waals surface area contributed by atoms with E-state index in [1.807, 2.05) is 6.26 Å². The first-order chi connectivity index (χ1) is 15.7. The van der Waals surface area contributed by atoms with Crippen LogP contribution in [0.2, 0.25) is 0 Å². The molecule has 0 unspecified atom stereocenters. The Morgan fingerprint density at radius 1 is 0.848 bits per heavy atom. The molecule has 33 heavy (non-hydrogen) atoms. The second kappa shape index (κ2) is 10.5. The standard InChI is InChI=1S/C24H25N3O4S2/c1-4-27(33(30,31)23-15-13-22(32-3)14-16-23)21-11-5-18(6-12-21)24(29)26-20-9-7-19(8-10-20)25-17(2)28/h5-16H,4H2,1-3H3,(H,25,28)(H,26,29). The molecule has 0 aromatic heterocycles. The van der Waals surface area contributed by atoms with E-state index in [2.05, 4.69) is 10.6 Å². The third-order valence-electron chi connectivity index (χ3n) is 4.82. The van der Waals surface area contributed by atoms with Gasteiger partial charge < -0.3 is 10.6 Å². The molecule has 0 aliphatic rings. The van der Waals surface area contributed by atoms with Gasteiger partial charge in [-0.05, 0) is 86.0 Å². The Bertz CT molecular complexity index is 1220. The van der Waals surface area contributed by atoms with Crippen molar-refractivity contribution in [2.24, 2.45) is 0 Å². The van der Waals surface area contributed by atoms with Crippen molar-refractivity contribution in [1.29, 1.82) is 0 Å². The van der Waals surface area contributed by atoms with Gasteiger partial charge in [0.25, 0.3) is 15.9 Å². The lowest BCUT2D eigenvalue weighted by Gasteiger charge is -2.23. The monoisotopic (exact) mass is 483 g/mol. The molecule has 3 aromatic rings. The number of rotatable bonds is 8. The summed E-state index contributed by atoms with van der Waals surface area (Å²) in [5.41, 5.74) is 2.07. The lowest BCUT2D eigenvalue weighted by molar-refractivity contribution is -0.114. The first kappa shape index (κ1) is 24.3. The highest BCUT2D eigenvalue weighted by Crippen LogP contribution is 2.26. The van der Waals surface area contributed by atoms with Crippen molar-refractivity contribution >= 4 is 50.7 Å². The maximum absolute atomic E-state index is 13.1. The van der Waals surface area contributed by atoms with Crippen molar-refractivity contribution in [2.45, 2.75) is 23.6 Å². The van der Waals surface area contributed by atoms with Gasteiger partial charge in [-0.2, -0.15) is 0 Å². The second-order valence-corrected chi connectivity index (χ2v) is 9.85. The van der Waals surface area contributed by atoms with E-state index in [-0.39, 0.29) is 23.3 Å². The average Bonchev–Trinajstić information content (AvgIpc) is 2.81. The van der Waals surface area contributed by atoms with E-state index in [0.29, 0.717) is 22.6 Å². The van der Waals surface area contributed by atoms with E-state index in [1.165, 1.54) is 11.2 Å². The first-order valence-electron chi connectivity index (χ1n) is 10.2. The van der Waals surface area contributed by atoms with Crippen LogP contribution in [0.1, 0.15) is 24.2 Å². The van der Waals surface area contributed by atoms with Crippen LogP contribution in [0, 0.1) is 0 Å². The zero-order valence-electron chi connectivity index (χ0n) is 18.5. The molecule has 0 spiro atoms. The number of carbonyl (C=O) groups excluding carboxylic acids is 2. The third kappa shape index (κ3) is 5.94. The molecule has 0 aliphatic heterocycles. The molecule has 2 amide bonds. The fourth-order valence-corrected chi connectivity index (χ4v) is 5.07. The van der Waals surface area contributed by atoms with E-state index in [9.17, 15) is 18.0 Å². The predicted molar refractivity (Wildman–Crippen MR) is 134 cm³/mol. The molecule has 3 rings (SSSR count). The minimum absolute atomic E-state index is 0.174. The Hall–Kier alpha value is -3.30. The van der Waals surface area contributed by atoms with Crippen molar-refractivity contribution in [3.05, 3.63) is 78.4 Å². The Morgan fingerprint density at radius 3 is 1.88 bits per heavy atom. The Morgan fingerprint density at radius 2 is 1.39 bits per heavy atom. The summed E-state index contributed by atoms with van der Waals surface area (Å²) in [6.07, 6.45) is 1.93. The molecule has 9 heteroatoms. The van der Waals surface area contributed by atoms with Crippen molar-refractivity contribution in [2.75, 3.05) is 27.7 Å². The molecule has 2 N–H and O–H groups in total. The predicted octanol–water partition coefficient (Wildman–Crippen LogP) is 4.83. The molecule has 0 aliphatic carbocycles. The average molecular weight is 484 g/mol. The van der Waals surface area contributed by atoms with Crippen LogP contribution >= 0.6 is 11.8 Å². The highest BCUT2D eigenvalue weighted by atomic mass is 32.2. The van der Waals surface area contributed by atoms with Gasteiger partial charge in [-0.3, -0.25) is 13.9 Å². The highest BCUT2D eigenvalue weighted by Gasteiger charge is 2.23. The molecule has 172 valence electrons. The molecule has 0 heterocycles. The first-order valence-corrected chi connectivity index (χ1v) is 12.9. The van der Waals surface area contributed by atoms with Gasteiger partial charge in [-0.25, -0.2) is 8.42 Å². The van der Waals surface area contributed by atoms with E-state index in [1.54, 1.807) is 91.5 Å². The van der Waals surface area contributed by atoms with Crippen molar-refractivity contribution < 1.29 is 18.0 Å². The number of nitrogens with one attached hydrogen (secondary N) is 2. The molecular weight excluding hydrogens is 458 g/mol. The van der Waals surface area contributed by atoms with Crippen LogP contribution in [0.25, 0.3) is 0 Å². The van der Waals surface area contributed by atoms with Crippen molar-refractivity contribution in [3.8, 4) is 0 Å². The number of sulfonamides is 1. The molecule has 0 atom stereocenters. The summed E-state index contributed by atoms with van der Waals surface area (Å²) in [5, 5.41) is 5.45. The summed E-state index contributed by atoms with van der Waals surface area (Å²) in [6.45, 7) is 3.43. The Labute approximate surface area is 198 Å². The van der Waals surface area contributed by atoms with Gasteiger partial charge in [0.1, 0.15) is 0 Å². The number of nitrogens with zero attached hydrogens (tertiary/aromatic N) is 1. The van der Waals surface area contributed by atoms with Gasteiger partial charge >= 0.3 is 0 Å². The van der Waals surface area contributed by atoms with Crippen LogP contribution in [0.3, 0.4) is 0 Å². The molecule has 0 saturated heterocycles. The summed E-state index contributed by atoms with van der Waals surface area (Å²) in [7, 11) is -3.73. The number of thioether (sulfide) groups is 1. The maximum Gasteiger partial charge on any atom is 0.264 e. The molecular formula is C24H25N3O4S2. The fraction of sp³-hybridized carbons (Fsp3) is 0.167. The van der Waals surface area contributed by atoms with Crippen LogP contribution in [0.4, 0.5) is 17.1 Å². The molecule has 0 radical (unpaired) electrons. The highest BCUT2D eigenvalue weighted by molar-refractivity contribution is 7.98. The van der Waals surface area contributed by atoms with Crippen LogP contribution in [0.15, 0.2) is 82.6 Å². The number of hydrogen-bond donors (Lipinski definition) is 2. The molecule has 0 saturated carbocycles. The van der Waals surface area contributed by atoms with Crippen molar-refractivity contribution in [1.82, 2.24) is 0 Å². The van der Waals surface area contributed by atoms with Gasteiger partial charge in [0.15, 0.2) is 0 Å². The smallest absolute Gasteiger partial charge is 0.264 e. The third-order valence-corrected chi connectivity index (χ3v) is 7.48. The van der Waals surface area contributed by atoms with Gasteiger partial charge in [-0.1, -0.05) is 0 Å². The molecule has 7 nitrogen and oxygen atoms in total. The Balaban J connectivity index is 1.74. The number of anilines is 3. The van der Waals surface area contributed by atoms with Gasteiger partial charge in [0.05, 0.1) is 10.6 Å². The lowest BCUT2D eigenvalue weighted by atomic mass is 10.2. The van der Waals surface area contributed by atoms with E-state index in [4.69, 9.17) is 0 Å². The quantitative estimate of drug-likeness (QED) is 0.447. The minimum atomic E-state index is -3.73. The van der Waals surface area contributed by atoms with Gasteiger partial charge in [0, 0.05) is 35.3 Å². The summed E-state index contributed by atoms with van der Waals surface area (Å²) in [4.78, 5) is 24.9. The zero-order chi connectivity index (χ0) is 24.0. The molecule has 0 bridgehead atoms. The van der Waals surface area contributed by atoms with E-state index < -0.39 is 10.0 Å². The SMILES string of the molecule is CCN(c1ccc(C(=O)Nc2ccc(NC(C)=O)cc2)cc1)S(=O)(=O)c1ccc(SC)cc1. The van der Waals surface area contributed by atoms with E-state index in [0.717, 1.165) is 4.90 Å². The summed E-state index contributed by atoms with van der Waals surface area (Å²) in [5.74, 6) is -0.501. The molecule has 0 fully saturated rings. The second-order valence-electron chi connectivity index (χ2n) is 7.10. The largest absolute Gasteiger partial charge is 0.326 e. The Kier molecular flexibility index (Phi) is 7.78. The van der Waals surface area contributed by atoms with Crippen LogP contribution < -0.4 is 14.9 Å². The summed E-state index contributed by atoms with van der Waals surface area (Å²) >= 11 is 1.54. The van der Waals surface area contributed by atoms with Crippen LogP contribution in [-0.2, 0) is 14.8 Å². The number of carbonyl (C=O) groups is 2. The normalized spacial score (nSPS) is 11.0. The fourth-order valence-electron chi connectivity index (χ4n) is 3.19.